The van der Waals surface area contributed by atoms with Crippen LogP contribution in [0.25, 0.3) is 44.4 Å². The Balaban J connectivity index is 0.000000227. The summed E-state index contributed by atoms with van der Waals surface area (Å²) in [6.45, 7) is 32.3. The van der Waals surface area contributed by atoms with E-state index in [1.54, 1.807) is 84.0 Å². The summed E-state index contributed by atoms with van der Waals surface area (Å²) in [7, 11) is -4.87. The lowest BCUT2D eigenvalue weighted by atomic mass is 9.97. The molecule has 20 nitrogen and oxygen atoms in total. The molecule has 0 atom stereocenters. The number of sulfone groups is 3. The molecule has 9 aromatic rings. The number of phenolic OH excluding ortho intramolecular Hbond substituents is 1. The third kappa shape index (κ3) is 21.1. The van der Waals surface area contributed by atoms with Gasteiger partial charge in [0.05, 0.1) is 55.8 Å². The van der Waals surface area contributed by atoms with Crippen LogP contribution in [0, 0.1) is 0 Å². The van der Waals surface area contributed by atoms with Gasteiger partial charge in [0.2, 0.25) is 23.6 Å². The fraction of sp³-hybridized carbons (Fsp3) is 0.514. The number of nitrogen functional groups attached to an aromatic ring is 1. The van der Waals surface area contributed by atoms with Crippen molar-refractivity contribution >= 4 is 162 Å². The van der Waals surface area contributed by atoms with Crippen LogP contribution in [0.5, 0.6) is 5.75 Å². The van der Waals surface area contributed by atoms with Gasteiger partial charge in [-0.25, -0.2) is 45.2 Å². The van der Waals surface area contributed by atoms with E-state index in [0.29, 0.717) is 70.3 Å². The van der Waals surface area contributed by atoms with Crippen molar-refractivity contribution in [3.8, 4) is 5.75 Å². The number of rotatable bonds is 20. The molecule has 0 fully saturated rings. The number of hydrogen-bond donors (Lipinski definition) is 3. The number of methoxy groups -OCH3 is 4. The van der Waals surface area contributed by atoms with Gasteiger partial charge in [-0.3, -0.25) is 0 Å². The maximum atomic E-state index is 13.2. The van der Waals surface area contributed by atoms with Crippen LogP contribution in [0.4, 0.5) is 5.69 Å². The van der Waals surface area contributed by atoms with Crippen molar-refractivity contribution in [1.29, 1.82) is 0 Å². The van der Waals surface area contributed by atoms with Crippen LogP contribution in [0.3, 0.4) is 0 Å². The van der Waals surface area contributed by atoms with Gasteiger partial charge in [-0.15, -0.1) is 24.4 Å². The van der Waals surface area contributed by atoms with E-state index in [0.717, 1.165) is 51.2 Å². The van der Waals surface area contributed by atoms with E-state index in [9.17, 15) is 30.4 Å². The van der Waals surface area contributed by atoms with Gasteiger partial charge in [-0.1, -0.05) is 141 Å². The Morgan fingerprint density at radius 2 is 0.780 bits per heavy atom. The van der Waals surface area contributed by atoms with Gasteiger partial charge in [0, 0.05) is 82.3 Å². The lowest BCUT2D eigenvalue weighted by molar-refractivity contribution is 0.186. The first-order chi connectivity index (χ1) is 46.1. The Labute approximate surface area is 623 Å². The Morgan fingerprint density at radius 1 is 0.450 bits per heavy atom. The Kier molecular flexibility index (Phi) is 29.7. The summed E-state index contributed by atoms with van der Waals surface area (Å²) < 4.78 is 118. The number of halogens is 5. The van der Waals surface area contributed by atoms with Crippen LogP contribution in [-0.4, -0.2) is 126 Å². The number of nitrogens with two attached hydrogens (primary N) is 1. The summed E-state index contributed by atoms with van der Waals surface area (Å²) in [5.74, 6) is 2.80. The van der Waals surface area contributed by atoms with Crippen molar-refractivity contribution in [1.82, 2.24) is 19.9 Å². The molecule has 0 unspecified atom stereocenters. The monoisotopic (exact) mass is 1580 g/mol. The number of thiol groups is 1. The Morgan fingerprint density at radius 3 is 1.21 bits per heavy atom. The zero-order chi connectivity index (χ0) is 75.7. The molecule has 0 aliphatic rings. The summed E-state index contributed by atoms with van der Waals surface area (Å²) in [6, 6.07) is 16.6. The van der Waals surface area contributed by atoms with E-state index < -0.39 is 44.8 Å². The molecular weight excluding hydrogens is 1490 g/mol. The predicted octanol–water partition coefficient (Wildman–Crippen LogP) is 19.1. The molecule has 0 saturated carbocycles. The molecule has 100 heavy (non-hydrogen) atoms. The molecule has 4 heterocycles. The molecule has 9 rings (SSSR count). The van der Waals surface area contributed by atoms with E-state index in [4.69, 9.17) is 100 Å². The summed E-state index contributed by atoms with van der Waals surface area (Å²) in [5, 5.41) is 11.4. The van der Waals surface area contributed by atoms with Crippen LogP contribution < -0.4 is 5.73 Å². The van der Waals surface area contributed by atoms with Crippen LogP contribution in [0.15, 0.2) is 103 Å². The number of ether oxygens (including phenoxy) is 4. The van der Waals surface area contributed by atoms with Crippen LogP contribution in [-0.2, 0) is 70.1 Å². The highest BCUT2D eigenvalue weighted by molar-refractivity contribution is 7.99. The molecule has 554 valence electrons. The van der Waals surface area contributed by atoms with Crippen LogP contribution in [0.2, 0.25) is 25.1 Å². The van der Waals surface area contributed by atoms with Crippen molar-refractivity contribution in [2.75, 3.05) is 72.1 Å². The molecule has 30 heteroatoms. The predicted molar refractivity (Wildman–Crippen MR) is 407 cm³/mol. The fourth-order valence-corrected chi connectivity index (χ4v) is 16.7. The van der Waals surface area contributed by atoms with E-state index in [1.807, 2.05) is 59.7 Å². The average molecular weight is 1580 g/mol. The summed E-state index contributed by atoms with van der Waals surface area (Å²) >= 11 is 36.5. The molecule has 3 N–H and O–H groups in total. The number of fused-ring (bicyclic) bond motifs is 4. The zero-order valence-corrected chi connectivity index (χ0v) is 68.3. The number of aromatic nitrogens is 4. The van der Waals surface area contributed by atoms with E-state index >= 15 is 0 Å². The highest BCUT2D eigenvalue weighted by atomic mass is 35.5. The smallest absolute Gasteiger partial charge is 0.200 e. The van der Waals surface area contributed by atoms with E-state index in [-0.39, 0.29) is 87.0 Å². The first kappa shape index (κ1) is 86.1. The molecule has 0 saturated heterocycles. The largest absolute Gasteiger partial charge is 0.504 e. The number of thioether (sulfide) groups is 1. The number of aromatic hydroxyl groups is 1. The molecule has 0 radical (unpaired) electrons. The first-order valence-electron chi connectivity index (χ1n) is 31.7. The summed E-state index contributed by atoms with van der Waals surface area (Å²) in [6.07, 6.45) is 2.00. The van der Waals surface area contributed by atoms with Gasteiger partial charge < -0.3 is 47.5 Å². The SMILES string of the molecule is CC(C)(C)c1nc2ccc(Cl)c(S)c2o1.COCCC(C)(C)S(=O)(=O)c1c(Cl)ccc(N)c1O.COCCC(C)(C)S(=O)(=O)c1c(Cl)ccc2nc(C(C)(C)C)oc12.COCCCS(=O)(=O)c1c(Cl)ccc2nc(C(C)(C)C)oc12.COCCCSc1c(Cl)ccc2nc(C(C)(C)C)oc12. The standard InChI is InChI=1S/C17H24ClNO4S.C15H20ClNO4S.C15H20ClNO2S.C12H18ClNO4S.C11H12ClNOS/c1-16(2,3)15-19-12-8-7-11(18)14(13(12)23-15)24(20,21)17(4,5)9-10-22-6;1-15(2,3)14-17-11-7-6-10(16)13(12(11)21-14)22(18,19)9-5-8-20-4;1-15(2,3)14-17-11-7-6-10(16)13(12(11)19-14)20-9-5-8-18-4;1-12(2,6-7-18-3)19(16,17)11-8(13)4-5-9(14)10(11)15;1-11(2,3)10-13-7-5-4-6(12)9(15)8(7)14-10/h7-8H,9-10H2,1-6H3;6-7H,5,8-9H2,1-4H3;6-7H,5,8-9H2,1-4H3;4-5,15H,6-7,14H2,1-3H3;4-5,15H,1-3H3. The third-order valence-corrected chi connectivity index (χ3v) is 26.0. The second kappa shape index (κ2) is 34.6. The van der Waals surface area contributed by atoms with Crippen LogP contribution in [0.1, 0.15) is 160 Å². The van der Waals surface area contributed by atoms with Crippen molar-refractivity contribution < 1.29 is 67.0 Å². The summed E-state index contributed by atoms with van der Waals surface area (Å²) in [5.41, 5.74) is 9.21. The number of oxazole rings is 4. The van der Waals surface area contributed by atoms with Gasteiger partial charge in [0.15, 0.2) is 57.6 Å². The van der Waals surface area contributed by atoms with Gasteiger partial charge in [-0.2, -0.15) is 0 Å². The topological polar surface area (TPSA) is 290 Å². The molecule has 0 bridgehead atoms. The number of anilines is 1. The zero-order valence-electron chi connectivity index (χ0n) is 60.3. The van der Waals surface area contributed by atoms with Gasteiger partial charge in [-0.05, 0) is 114 Å². The first-order valence-corrected chi connectivity index (χ1v) is 39.6. The number of hydrogen-bond acceptors (Lipinski definition) is 22. The quantitative estimate of drug-likeness (QED) is 0.0210. The minimum Gasteiger partial charge on any atom is -0.504 e. The normalized spacial score (nSPS) is 12.8. The molecular formula is C70H94Cl5N5O15S5. The number of phenols is 1. The van der Waals surface area contributed by atoms with E-state index in [2.05, 4.69) is 74.1 Å². The average Bonchev–Trinajstić information content (AvgIpc) is 1.30. The van der Waals surface area contributed by atoms with Crippen molar-refractivity contribution in [3.63, 3.8) is 0 Å². The summed E-state index contributed by atoms with van der Waals surface area (Å²) in [4.78, 5) is 19.1. The fourth-order valence-electron chi connectivity index (χ4n) is 8.95. The van der Waals surface area contributed by atoms with E-state index in [1.165, 1.54) is 26.4 Å². The highest BCUT2D eigenvalue weighted by Crippen LogP contribution is 2.44. The second-order valence-corrected chi connectivity index (χ2v) is 39.4. The van der Waals surface area contributed by atoms with Crippen molar-refractivity contribution in [3.05, 3.63) is 109 Å². The molecule has 0 aliphatic heterocycles. The highest BCUT2D eigenvalue weighted by Gasteiger charge is 2.41. The third-order valence-electron chi connectivity index (χ3n) is 15.2. The molecule has 0 amide bonds. The lowest BCUT2D eigenvalue weighted by Crippen LogP contribution is -2.33. The Bertz CT molecular complexity index is 4640. The second-order valence-electron chi connectivity index (χ2n) is 28.7. The van der Waals surface area contributed by atoms with Gasteiger partial charge in [0.25, 0.3) is 0 Å². The molecule has 0 aliphatic carbocycles. The number of nitrogens with zero attached hydrogens (tertiary/aromatic N) is 4. The molecule has 0 spiro atoms. The minimum absolute atomic E-state index is 0.00534. The van der Waals surface area contributed by atoms with Crippen molar-refractivity contribution in [2.24, 2.45) is 0 Å². The lowest BCUT2D eigenvalue weighted by Gasteiger charge is -2.25. The maximum absolute atomic E-state index is 13.2. The molecule has 5 aromatic carbocycles. The van der Waals surface area contributed by atoms with Crippen LogP contribution >= 0.6 is 82.4 Å². The van der Waals surface area contributed by atoms with Gasteiger partial charge in [0.1, 0.15) is 36.8 Å². The molecule has 4 aromatic heterocycles. The maximum Gasteiger partial charge on any atom is 0.200 e. The minimum atomic E-state index is -3.84. The number of benzene rings is 5. The van der Waals surface area contributed by atoms with Gasteiger partial charge >= 0.3 is 0 Å². The Hall–Kier alpha value is -4.58. The van der Waals surface area contributed by atoms with Crippen molar-refractivity contribution in [2.45, 2.75) is 192 Å².